The Morgan fingerprint density at radius 2 is 0.727 bits per heavy atom. The fourth-order valence-corrected chi connectivity index (χ4v) is 9.43. The molecule has 66 heavy (non-hydrogen) atoms. The molecule has 9 aromatic carbocycles. The zero-order valence-corrected chi connectivity index (χ0v) is 36.0. The summed E-state index contributed by atoms with van der Waals surface area (Å²) >= 11 is 0. The third-order valence-electron chi connectivity index (χ3n) is 12.7. The Labute approximate surface area is 385 Å². The second kappa shape index (κ2) is 16.8. The van der Waals surface area contributed by atoms with Crippen LogP contribution in [0.2, 0.25) is 0 Å². The maximum atomic E-state index is 5.35. The molecule has 0 amide bonds. The third-order valence-corrected chi connectivity index (χ3v) is 12.7. The Balaban J connectivity index is 0.982. The van der Waals surface area contributed by atoms with E-state index in [2.05, 4.69) is 248 Å². The maximum Gasteiger partial charge on any atom is 0.321 e. The molecule has 0 atom stereocenters. The van der Waals surface area contributed by atoms with Crippen LogP contribution in [-0.2, 0) is 0 Å². The highest BCUT2D eigenvalue weighted by atomic mass is 15.1. The van der Waals surface area contributed by atoms with Gasteiger partial charge in [-0.05, 0) is 121 Å². The van der Waals surface area contributed by atoms with Crippen LogP contribution < -0.4 is 10.3 Å². The normalized spacial score (nSPS) is 12.5. The second-order valence-corrected chi connectivity index (χ2v) is 16.8. The van der Waals surface area contributed by atoms with E-state index in [1.165, 1.54) is 38.8 Å². The van der Waals surface area contributed by atoms with E-state index in [0.717, 1.165) is 55.8 Å². The van der Waals surface area contributed by atoms with Gasteiger partial charge in [-0.2, -0.15) is 0 Å². The topological polar surface area (TPSA) is 41.9 Å². The van der Waals surface area contributed by atoms with E-state index in [4.69, 9.17) is 15.0 Å². The van der Waals surface area contributed by atoms with Gasteiger partial charge in [-0.15, -0.1) is 0 Å². The summed E-state index contributed by atoms with van der Waals surface area (Å²) in [5.41, 5.74) is 19.1. The van der Waals surface area contributed by atoms with Crippen LogP contribution in [0.1, 0.15) is 5.82 Å². The molecule has 0 unspecified atom stereocenters. The molecule has 10 aromatic rings. The van der Waals surface area contributed by atoms with Gasteiger partial charge in [0.05, 0.1) is 0 Å². The molecule has 4 nitrogen and oxygen atoms in total. The van der Waals surface area contributed by atoms with Crippen molar-refractivity contribution in [3.8, 4) is 89.5 Å². The molecule has 0 fully saturated rings. The first-order valence-corrected chi connectivity index (χ1v) is 22.4. The molecule has 5 heteroatoms. The van der Waals surface area contributed by atoms with Crippen molar-refractivity contribution in [2.75, 3.05) is 4.81 Å². The van der Waals surface area contributed by atoms with Gasteiger partial charge < -0.3 is 4.81 Å². The SMILES string of the molecule is C1=CN2B(C=C1c1nc(-c3cccc(-c4ccccc4)c3)nc(-c3cc(-c4ccccc4)cc(-c4ccccc4)c3)n1)c1ccccc1-c1cc(-c3cccc(-c4ccccc4)c3)ccc12. The molecule has 0 saturated heterocycles. The number of benzene rings is 9. The van der Waals surface area contributed by atoms with Crippen molar-refractivity contribution < 1.29 is 0 Å². The minimum Gasteiger partial charge on any atom is -0.383 e. The molecule has 0 saturated carbocycles. The zero-order chi connectivity index (χ0) is 43.8. The summed E-state index contributed by atoms with van der Waals surface area (Å²) in [6.07, 6.45) is 4.36. The number of allylic oxidation sites excluding steroid dienone is 2. The summed E-state index contributed by atoms with van der Waals surface area (Å²) in [6.45, 7) is -0.0721. The Morgan fingerprint density at radius 3 is 1.33 bits per heavy atom. The lowest BCUT2D eigenvalue weighted by atomic mass is 9.49. The van der Waals surface area contributed by atoms with Crippen molar-refractivity contribution in [1.29, 1.82) is 0 Å². The number of fused-ring (bicyclic) bond motifs is 6. The Kier molecular flexibility index (Phi) is 9.92. The van der Waals surface area contributed by atoms with Gasteiger partial charge in [0.2, 0.25) is 0 Å². The quantitative estimate of drug-likeness (QED) is 0.143. The first-order chi connectivity index (χ1) is 32.7. The van der Waals surface area contributed by atoms with Gasteiger partial charge in [-0.3, -0.25) is 0 Å². The molecular formula is C61H41BN4. The first kappa shape index (κ1) is 39.0. The van der Waals surface area contributed by atoms with Crippen LogP contribution in [-0.4, -0.2) is 21.8 Å². The van der Waals surface area contributed by atoms with E-state index in [9.17, 15) is 0 Å². The van der Waals surface area contributed by atoms with Crippen LogP contribution >= 0.6 is 0 Å². The van der Waals surface area contributed by atoms with E-state index in [1.54, 1.807) is 0 Å². The third kappa shape index (κ3) is 7.42. The van der Waals surface area contributed by atoms with Crippen LogP contribution in [0.15, 0.2) is 249 Å². The van der Waals surface area contributed by atoms with Crippen molar-refractivity contribution in [3.05, 3.63) is 255 Å². The molecule has 2 aliphatic rings. The average Bonchev–Trinajstić information content (AvgIpc) is 3.41. The molecule has 0 radical (unpaired) electrons. The van der Waals surface area contributed by atoms with Crippen molar-refractivity contribution in [2.45, 2.75) is 0 Å². The second-order valence-electron chi connectivity index (χ2n) is 16.8. The Hall–Kier alpha value is -8.67. The average molecular weight is 841 g/mol. The fourth-order valence-electron chi connectivity index (χ4n) is 9.43. The summed E-state index contributed by atoms with van der Waals surface area (Å²) in [5.74, 6) is 4.18. The van der Waals surface area contributed by atoms with Crippen LogP contribution in [0.3, 0.4) is 0 Å². The zero-order valence-electron chi connectivity index (χ0n) is 36.0. The predicted molar refractivity (Wildman–Crippen MR) is 275 cm³/mol. The van der Waals surface area contributed by atoms with Crippen molar-refractivity contribution in [1.82, 2.24) is 15.0 Å². The van der Waals surface area contributed by atoms with Gasteiger partial charge in [0.15, 0.2) is 17.5 Å². The molecule has 0 spiro atoms. The number of nitrogens with zero attached hydrogens (tertiary/aromatic N) is 4. The molecule has 308 valence electrons. The van der Waals surface area contributed by atoms with E-state index < -0.39 is 0 Å². The van der Waals surface area contributed by atoms with E-state index in [-0.39, 0.29) is 6.85 Å². The van der Waals surface area contributed by atoms with Crippen molar-refractivity contribution in [3.63, 3.8) is 0 Å². The summed E-state index contributed by atoms with van der Waals surface area (Å²) in [4.78, 5) is 18.3. The van der Waals surface area contributed by atoms with Crippen molar-refractivity contribution >= 4 is 23.6 Å². The number of hydrogen-bond donors (Lipinski definition) is 0. The summed E-state index contributed by atoms with van der Waals surface area (Å²) < 4.78 is 0. The van der Waals surface area contributed by atoms with Crippen LogP contribution in [0, 0.1) is 0 Å². The van der Waals surface area contributed by atoms with Gasteiger partial charge in [-0.1, -0.05) is 194 Å². The fraction of sp³-hybridized carbons (Fsp3) is 0. The molecule has 1 aromatic heterocycles. The Morgan fingerprint density at radius 1 is 0.303 bits per heavy atom. The van der Waals surface area contributed by atoms with Gasteiger partial charge in [0.1, 0.15) is 0 Å². The van der Waals surface area contributed by atoms with Crippen LogP contribution in [0.5, 0.6) is 0 Å². The van der Waals surface area contributed by atoms with E-state index in [0.29, 0.717) is 17.5 Å². The van der Waals surface area contributed by atoms with Gasteiger partial charge >= 0.3 is 6.85 Å². The smallest absolute Gasteiger partial charge is 0.321 e. The molecule has 0 bridgehead atoms. The molecule has 0 aliphatic carbocycles. The molecule has 0 N–H and O–H groups in total. The lowest BCUT2D eigenvalue weighted by Gasteiger charge is -2.37. The number of hydrogen-bond acceptors (Lipinski definition) is 4. The predicted octanol–water partition coefficient (Wildman–Crippen LogP) is 14.4. The van der Waals surface area contributed by atoms with Gasteiger partial charge in [0, 0.05) is 28.0 Å². The summed E-state index contributed by atoms with van der Waals surface area (Å²) in [5, 5.41) is 0. The highest BCUT2D eigenvalue weighted by molar-refractivity contribution is 6.84. The highest BCUT2D eigenvalue weighted by Crippen LogP contribution is 2.41. The highest BCUT2D eigenvalue weighted by Gasteiger charge is 2.35. The minimum atomic E-state index is -0.0721. The first-order valence-electron chi connectivity index (χ1n) is 22.4. The summed E-state index contributed by atoms with van der Waals surface area (Å²) in [7, 11) is 0. The number of anilines is 1. The molecular weight excluding hydrogens is 800 g/mol. The van der Waals surface area contributed by atoms with Gasteiger partial charge in [0.25, 0.3) is 0 Å². The largest absolute Gasteiger partial charge is 0.383 e. The number of aromatic nitrogens is 3. The monoisotopic (exact) mass is 840 g/mol. The number of rotatable bonds is 8. The van der Waals surface area contributed by atoms with Crippen LogP contribution in [0.25, 0.3) is 95.1 Å². The van der Waals surface area contributed by atoms with Crippen molar-refractivity contribution in [2.24, 2.45) is 0 Å². The van der Waals surface area contributed by atoms with E-state index >= 15 is 0 Å². The van der Waals surface area contributed by atoms with E-state index in [1.807, 2.05) is 6.07 Å². The standard InChI is InChI=1S/C61H41BN4/c1-5-17-42(18-6-1)46-25-15-27-48(35-46)49-31-32-58-56(40-49)55-29-13-14-30-57(55)62-41-51(33-34-66(58)62)60-63-59(50-28-16-26-47(36-50)43-19-7-2-8-20-43)64-61(65-60)54-38-52(44-21-9-3-10-22-44)37-53(39-54)45-23-11-4-12-24-45/h1-41H. The van der Waals surface area contributed by atoms with Crippen LogP contribution in [0.4, 0.5) is 5.69 Å². The maximum absolute atomic E-state index is 5.35. The lowest BCUT2D eigenvalue weighted by Crippen LogP contribution is -2.49. The summed E-state index contributed by atoms with van der Waals surface area (Å²) in [6, 6.07) is 81.8. The minimum absolute atomic E-state index is 0.0721. The lowest BCUT2D eigenvalue weighted by molar-refractivity contribution is 1.04. The molecule has 3 heterocycles. The molecule has 12 rings (SSSR count). The molecule has 2 aliphatic heterocycles. The Bertz CT molecular complexity index is 3420. The van der Waals surface area contributed by atoms with Gasteiger partial charge in [-0.25, -0.2) is 15.0 Å².